The van der Waals surface area contributed by atoms with E-state index in [0.29, 0.717) is 11.4 Å². The van der Waals surface area contributed by atoms with Crippen LogP contribution in [0, 0.1) is 0 Å². The van der Waals surface area contributed by atoms with Crippen molar-refractivity contribution in [3.05, 3.63) is 16.4 Å². The van der Waals surface area contributed by atoms with E-state index in [1.165, 1.54) is 0 Å². The molecule has 0 radical (unpaired) electrons. The van der Waals surface area contributed by atoms with Gasteiger partial charge in [-0.1, -0.05) is 18.5 Å². The fourth-order valence-electron chi connectivity index (χ4n) is 1.52. The summed E-state index contributed by atoms with van der Waals surface area (Å²) in [5.74, 6) is 0. The zero-order valence-electron chi connectivity index (χ0n) is 9.20. The van der Waals surface area contributed by atoms with Crippen molar-refractivity contribution >= 4 is 11.6 Å². The molecule has 0 spiro atoms. The van der Waals surface area contributed by atoms with Crippen LogP contribution in [0.2, 0.25) is 5.02 Å². The molecule has 4 nitrogen and oxygen atoms in total. The van der Waals surface area contributed by atoms with Gasteiger partial charge < -0.3 is 10.8 Å². The molecule has 3 N–H and O–H groups in total. The molecular weight excluding hydrogens is 214 g/mol. The molecule has 1 atom stereocenters. The summed E-state index contributed by atoms with van der Waals surface area (Å²) in [4.78, 5) is 0. The van der Waals surface area contributed by atoms with Crippen LogP contribution < -0.4 is 5.73 Å². The average molecular weight is 232 g/mol. The third-order valence-electron chi connectivity index (χ3n) is 2.40. The van der Waals surface area contributed by atoms with Crippen molar-refractivity contribution in [2.45, 2.75) is 39.3 Å². The van der Waals surface area contributed by atoms with Crippen molar-refractivity contribution in [1.82, 2.24) is 9.78 Å². The molecule has 1 aromatic rings. The zero-order chi connectivity index (χ0) is 11.4. The number of aromatic nitrogens is 2. The molecule has 1 rings (SSSR count). The summed E-state index contributed by atoms with van der Waals surface area (Å²) in [5.41, 5.74) is 7.15. The number of aryl methyl sites for hydroxylation is 2. The lowest BCUT2D eigenvalue weighted by Gasteiger charge is -2.09. The molecular formula is C10H18ClN3O. The summed E-state index contributed by atoms with van der Waals surface area (Å²) in [7, 11) is 0. The van der Waals surface area contributed by atoms with Gasteiger partial charge in [0.1, 0.15) is 0 Å². The molecule has 1 heterocycles. The van der Waals surface area contributed by atoms with Crippen molar-refractivity contribution in [3.8, 4) is 0 Å². The number of hydrogen-bond donors (Lipinski definition) is 2. The van der Waals surface area contributed by atoms with E-state index in [1.54, 1.807) is 0 Å². The van der Waals surface area contributed by atoms with Gasteiger partial charge in [0.05, 0.1) is 22.5 Å². The maximum atomic E-state index is 9.51. The molecule has 0 amide bonds. The number of nitrogens with two attached hydrogens (primary N) is 1. The van der Waals surface area contributed by atoms with Crippen molar-refractivity contribution in [3.63, 3.8) is 0 Å². The molecule has 0 aliphatic carbocycles. The minimum absolute atomic E-state index is 0.243. The predicted octanol–water partition coefficient (Wildman–Crippen LogP) is 0.981. The third kappa shape index (κ3) is 2.71. The van der Waals surface area contributed by atoms with Crippen molar-refractivity contribution in [1.29, 1.82) is 0 Å². The Bertz CT molecular complexity index is 325. The van der Waals surface area contributed by atoms with Gasteiger partial charge in [-0.15, -0.1) is 0 Å². The highest BCUT2D eigenvalue weighted by Crippen LogP contribution is 2.22. The maximum Gasteiger partial charge on any atom is 0.0850 e. The Hall–Kier alpha value is -0.580. The van der Waals surface area contributed by atoms with Crippen LogP contribution in [0.5, 0.6) is 0 Å². The fraction of sp³-hybridized carbons (Fsp3) is 0.700. The molecule has 86 valence electrons. The molecule has 15 heavy (non-hydrogen) atoms. The SMILES string of the molecule is CCc1nn(CC)c(CC(O)CN)c1Cl. The van der Waals surface area contributed by atoms with Gasteiger partial charge in [0.15, 0.2) is 0 Å². The monoisotopic (exact) mass is 231 g/mol. The van der Waals surface area contributed by atoms with Crippen LogP contribution >= 0.6 is 11.6 Å². The van der Waals surface area contributed by atoms with Gasteiger partial charge in [-0.2, -0.15) is 5.10 Å². The van der Waals surface area contributed by atoms with Gasteiger partial charge in [0, 0.05) is 19.5 Å². The van der Waals surface area contributed by atoms with E-state index in [1.807, 2.05) is 18.5 Å². The van der Waals surface area contributed by atoms with Crippen molar-refractivity contribution in [2.24, 2.45) is 5.73 Å². The first kappa shape index (κ1) is 12.5. The standard InChI is InChI=1S/C10H18ClN3O/c1-3-8-10(11)9(5-7(15)6-12)14(4-2)13-8/h7,15H,3-6,12H2,1-2H3. The van der Waals surface area contributed by atoms with Gasteiger partial charge in [-0.3, -0.25) is 4.68 Å². The lowest BCUT2D eigenvalue weighted by molar-refractivity contribution is 0.180. The minimum atomic E-state index is -0.547. The average Bonchev–Trinajstić information content (AvgIpc) is 2.55. The Kier molecular flexibility index (Phi) is 4.57. The number of hydrogen-bond acceptors (Lipinski definition) is 3. The van der Waals surface area contributed by atoms with Crippen molar-refractivity contribution in [2.75, 3.05) is 6.54 Å². The van der Waals surface area contributed by atoms with E-state index in [4.69, 9.17) is 17.3 Å². The highest BCUT2D eigenvalue weighted by atomic mass is 35.5. The van der Waals surface area contributed by atoms with E-state index in [2.05, 4.69) is 5.10 Å². The van der Waals surface area contributed by atoms with Gasteiger partial charge >= 0.3 is 0 Å². The maximum absolute atomic E-state index is 9.51. The highest BCUT2D eigenvalue weighted by molar-refractivity contribution is 6.31. The molecule has 1 aromatic heterocycles. The lowest BCUT2D eigenvalue weighted by Crippen LogP contribution is -2.23. The van der Waals surface area contributed by atoms with Gasteiger partial charge in [-0.25, -0.2) is 0 Å². The van der Waals surface area contributed by atoms with Crippen LogP contribution in [0.1, 0.15) is 25.2 Å². The van der Waals surface area contributed by atoms with Gasteiger partial charge in [-0.05, 0) is 13.3 Å². The second-order valence-electron chi connectivity index (χ2n) is 3.47. The molecule has 5 heteroatoms. The van der Waals surface area contributed by atoms with Crippen LogP contribution in [0.4, 0.5) is 0 Å². The van der Waals surface area contributed by atoms with Crippen LogP contribution in [-0.4, -0.2) is 27.5 Å². The van der Waals surface area contributed by atoms with E-state index in [0.717, 1.165) is 24.4 Å². The molecule has 0 aliphatic heterocycles. The number of aliphatic hydroxyl groups is 1. The van der Waals surface area contributed by atoms with Crippen LogP contribution in [0.15, 0.2) is 0 Å². The number of halogens is 1. The molecule has 0 aliphatic rings. The summed E-state index contributed by atoms with van der Waals surface area (Å²) >= 11 is 6.17. The first-order valence-corrected chi connectivity index (χ1v) is 5.63. The quantitative estimate of drug-likeness (QED) is 0.794. The Morgan fingerprint density at radius 3 is 2.67 bits per heavy atom. The largest absolute Gasteiger partial charge is 0.391 e. The van der Waals surface area contributed by atoms with E-state index in [9.17, 15) is 5.11 Å². The first-order valence-electron chi connectivity index (χ1n) is 5.26. The lowest BCUT2D eigenvalue weighted by atomic mass is 10.2. The summed E-state index contributed by atoms with van der Waals surface area (Å²) in [6.45, 7) is 5.01. The summed E-state index contributed by atoms with van der Waals surface area (Å²) < 4.78 is 1.83. The van der Waals surface area contributed by atoms with E-state index < -0.39 is 6.10 Å². The molecule has 0 aromatic carbocycles. The second-order valence-corrected chi connectivity index (χ2v) is 3.85. The van der Waals surface area contributed by atoms with Crippen LogP contribution in [0.25, 0.3) is 0 Å². The molecule has 0 fully saturated rings. The molecule has 1 unspecified atom stereocenters. The first-order chi connectivity index (χ1) is 7.13. The topological polar surface area (TPSA) is 64.1 Å². The highest BCUT2D eigenvalue weighted by Gasteiger charge is 2.16. The smallest absolute Gasteiger partial charge is 0.0850 e. The van der Waals surface area contributed by atoms with Crippen molar-refractivity contribution < 1.29 is 5.11 Å². The van der Waals surface area contributed by atoms with Gasteiger partial charge in [0.25, 0.3) is 0 Å². The van der Waals surface area contributed by atoms with Crippen LogP contribution in [0.3, 0.4) is 0 Å². The normalized spacial score (nSPS) is 13.1. The van der Waals surface area contributed by atoms with Crippen LogP contribution in [-0.2, 0) is 19.4 Å². The zero-order valence-corrected chi connectivity index (χ0v) is 9.96. The molecule has 0 bridgehead atoms. The second kappa shape index (κ2) is 5.49. The Labute approximate surface area is 95.0 Å². The summed E-state index contributed by atoms with van der Waals surface area (Å²) in [5, 5.41) is 14.6. The summed E-state index contributed by atoms with van der Waals surface area (Å²) in [6.07, 6.45) is 0.725. The Morgan fingerprint density at radius 2 is 2.20 bits per heavy atom. The number of nitrogens with zero attached hydrogens (tertiary/aromatic N) is 2. The minimum Gasteiger partial charge on any atom is -0.391 e. The fourth-order valence-corrected chi connectivity index (χ4v) is 1.86. The Morgan fingerprint density at radius 1 is 1.53 bits per heavy atom. The Balaban J connectivity index is 2.97. The third-order valence-corrected chi connectivity index (χ3v) is 2.83. The van der Waals surface area contributed by atoms with Gasteiger partial charge in [0.2, 0.25) is 0 Å². The molecule has 0 saturated heterocycles. The predicted molar refractivity (Wildman–Crippen MR) is 61.1 cm³/mol. The van der Waals surface area contributed by atoms with E-state index in [-0.39, 0.29) is 6.54 Å². The number of rotatable bonds is 5. The van der Waals surface area contributed by atoms with E-state index >= 15 is 0 Å². The molecule has 0 saturated carbocycles. The summed E-state index contributed by atoms with van der Waals surface area (Å²) in [6, 6.07) is 0. The number of aliphatic hydroxyl groups excluding tert-OH is 1.